The second kappa shape index (κ2) is 2.69. The maximum Gasteiger partial charge on any atom is 0.483 e. The summed E-state index contributed by atoms with van der Waals surface area (Å²) < 4.78 is 34.5. The van der Waals surface area contributed by atoms with E-state index in [1.807, 2.05) is 0 Å². The summed E-state index contributed by atoms with van der Waals surface area (Å²) in [7, 11) is 0. The molecule has 0 radical (unpaired) electrons. The van der Waals surface area contributed by atoms with Crippen LogP contribution in [0.1, 0.15) is 0 Å². The molecule has 1 aliphatic rings. The van der Waals surface area contributed by atoms with Gasteiger partial charge in [0.1, 0.15) is 0 Å². The molecular weight excluding hydrogens is 165 g/mol. The Morgan fingerprint density at radius 2 is 2.20 bits per heavy atom. The first-order chi connectivity index (χ1) is 4.58. The van der Waals surface area contributed by atoms with Gasteiger partial charge in [-0.2, -0.15) is 13.2 Å². The van der Waals surface area contributed by atoms with Crippen molar-refractivity contribution >= 4 is 16.9 Å². The highest BCUT2D eigenvalue weighted by atomic mass is 32.2. The van der Waals surface area contributed by atoms with Gasteiger partial charge in [-0.1, -0.05) is 11.8 Å². The predicted octanol–water partition coefficient (Wildman–Crippen LogP) is 1.20. The highest BCUT2D eigenvalue weighted by molar-refractivity contribution is 8.14. The molecule has 1 aliphatic heterocycles. The van der Waals surface area contributed by atoms with Gasteiger partial charge in [0.15, 0.2) is 5.17 Å². The Hall–Kier alpha value is -0.390. The smallest absolute Gasteiger partial charge is 0.276 e. The van der Waals surface area contributed by atoms with Crippen molar-refractivity contribution in [1.82, 2.24) is 5.32 Å². The third kappa shape index (κ3) is 2.47. The summed E-state index contributed by atoms with van der Waals surface area (Å²) in [6, 6.07) is 0. The predicted molar refractivity (Wildman–Crippen MR) is 34.0 cm³/mol. The van der Waals surface area contributed by atoms with Crippen LogP contribution < -0.4 is 5.32 Å². The van der Waals surface area contributed by atoms with Gasteiger partial charge in [0.25, 0.3) is 0 Å². The number of rotatable bonds is 0. The number of hydrogen-bond acceptors (Lipinski definition) is 3. The molecule has 0 spiro atoms. The molecular formula is C4H5F3N2S. The summed E-state index contributed by atoms with van der Waals surface area (Å²) >= 11 is 1.09. The van der Waals surface area contributed by atoms with Gasteiger partial charge in [0.2, 0.25) is 0 Å². The van der Waals surface area contributed by atoms with Crippen LogP contribution in [-0.2, 0) is 0 Å². The molecule has 1 rings (SSSR count). The topological polar surface area (TPSA) is 24.4 Å². The lowest BCUT2D eigenvalue weighted by atomic mass is 10.8. The standard InChI is InChI=1S/C4H5F3N2S/c5-4(6,7)9-3-8-1-2-10-3/h1-2H2,(H,8,9). The van der Waals surface area contributed by atoms with Crippen LogP contribution in [0.3, 0.4) is 0 Å². The van der Waals surface area contributed by atoms with Gasteiger partial charge in [-0.3, -0.25) is 10.3 Å². The zero-order chi connectivity index (χ0) is 7.61. The normalized spacial score (nSPS) is 18.9. The van der Waals surface area contributed by atoms with Crippen molar-refractivity contribution < 1.29 is 13.2 Å². The number of alkyl halides is 3. The van der Waals surface area contributed by atoms with Crippen molar-refractivity contribution in [3.63, 3.8) is 0 Å². The Morgan fingerprint density at radius 1 is 1.50 bits per heavy atom. The number of nitrogens with zero attached hydrogens (tertiary/aromatic N) is 1. The molecule has 0 aromatic heterocycles. The van der Waals surface area contributed by atoms with Crippen LogP contribution in [0, 0.1) is 0 Å². The monoisotopic (exact) mass is 170 g/mol. The fourth-order valence-corrected chi connectivity index (χ4v) is 1.28. The number of aliphatic imine (C=N–C) groups is 1. The fraction of sp³-hybridized carbons (Fsp3) is 0.750. The minimum atomic E-state index is -4.34. The van der Waals surface area contributed by atoms with Gasteiger partial charge in [0.05, 0.1) is 6.54 Å². The van der Waals surface area contributed by atoms with E-state index in [1.54, 1.807) is 0 Å². The molecule has 0 aromatic rings. The molecule has 58 valence electrons. The molecule has 2 nitrogen and oxygen atoms in total. The zero-order valence-corrected chi connectivity index (χ0v) is 5.72. The molecule has 0 bridgehead atoms. The number of halogens is 3. The van der Waals surface area contributed by atoms with Gasteiger partial charge in [-0.15, -0.1) is 0 Å². The van der Waals surface area contributed by atoms with E-state index >= 15 is 0 Å². The first-order valence-electron chi connectivity index (χ1n) is 2.60. The molecule has 1 N–H and O–H groups in total. The third-order valence-corrected chi connectivity index (χ3v) is 1.73. The maximum absolute atomic E-state index is 11.5. The Morgan fingerprint density at radius 3 is 2.60 bits per heavy atom. The average molecular weight is 170 g/mol. The average Bonchev–Trinajstić information content (AvgIpc) is 2.12. The SMILES string of the molecule is FC(F)(F)NC1=NCCS1. The van der Waals surface area contributed by atoms with Crippen LogP contribution in [0.2, 0.25) is 0 Å². The lowest BCUT2D eigenvalue weighted by Crippen LogP contribution is -2.34. The Bertz CT molecular complexity index is 153. The molecule has 10 heavy (non-hydrogen) atoms. The first kappa shape index (κ1) is 7.71. The van der Waals surface area contributed by atoms with Gasteiger partial charge in [-0.05, 0) is 0 Å². The highest BCUT2D eigenvalue weighted by Gasteiger charge is 2.29. The summed E-state index contributed by atoms with van der Waals surface area (Å²) in [5.41, 5.74) is 0. The number of thioether (sulfide) groups is 1. The Balaban J connectivity index is 2.38. The summed E-state index contributed by atoms with van der Waals surface area (Å²) in [4.78, 5) is 3.57. The van der Waals surface area contributed by atoms with E-state index in [9.17, 15) is 13.2 Å². The van der Waals surface area contributed by atoms with Crippen LogP contribution in [0.4, 0.5) is 13.2 Å². The van der Waals surface area contributed by atoms with Crippen LogP contribution in [0.25, 0.3) is 0 Å². The van der Waals surface area contributed by atoms with Gasteiger partial charge in [0, 0.05) is 5.75 Å². The molecule has 6 heteroatoms. The van der Waals surface area contributed by atoms with E-state index in [-0.39, 0.29) is 5.17 Å². The lowest BCUT2D eigenvalue weighted by Gasteiger charge is -2.07. The molecule has 0 amide bonds. The van der Waals surface area contributed by atoms with Crippen molar-refractivity contribution in [2.45, 2.75) is 6.30 Å². The number of amidine groups is 1. The molecule has 0 atom stereocenters. The summed E-state index contributed by atoms with van der Waals surface area (Å²) in [5, 5.41) is 1.31. The fourth-order valence-electron chi connectivity index (χ4n) is 0.532. The highest BCUT2D eigenvalue weighted by Crippen LogP contribution is 2.16. The number of hydrogen-bond donors (Lipinski definition) is 1. The maximum atomic E-state index is 11.5. The lowest BCUT2D eigenvalue weighted by molar-refractivity contribution is -0.141. The van der Waals surface area contributed by atoms with Gasteiger partial charge in [-0.25, -0.2) is 0 Å². The second-order valence-corrected chi connectivity index (χ2v) is 2.74. The third-order valence-electron chi connectivity index (χ3n) is 0.834. The zero-order valence-electron chi connectivity index (χ0n) is 4.90. The van der Waals surface area contributed by atoms with Crippen LogP contribution in [-0.4, -0.2) is 23.8 Å². The molecule has 0 unspecified atom stereocenters. The molecule has 0 aromatic carbocycles. The molecule has 0 saturated heterocycles. The van der Waals surface area contributed by atoms with Gasteiger partial charge < -0.3 is 0 Å². The molecule has 1 heterocycles. The Labute approximate surface area is 59.9 Å². The van der Waals surface area contributed by atoms with E-state index in [0.717, 1.165) is 11.8 Å². The van der Waals surface area contributed by atoms with Crippen LogP contribution >= 0.6 is 11.8 Å². The number of nitrogens with one attached hydrogen (secondary N) is 1. The van der Waals surface area contributed by atoms with Crippen molar-refractivity contribution in [3.05, 3.63) is 0 Å². The summed E-state index contributed by atoms with van der Waals surface area (Å²) in [6.07, 6.45) is -4.34. The van der Waals surface area contributed by atoms with E-state index in [2.05, 4.69) is 4.99 Å². The van der Waals surface area contributed by atoms with Crippen LogP contribution in [0.5, 0.6) is 0 Å². The minimum Gasteiger partial charge on any atom is -0.276 e. The van der Waals surface area contributed by atoms with E-state index in [1.165, 1.54) is 5.32 Å². The summed E-state index contributed by atoms with van der Waals surface area (Å²) in [6.45, 7) is 0.475. The molecule has 0 saturated carbocycles. The second-order valence-electron chi connectivity index (χ2n) is 1.66. The van der Waals surface area contributed by atoms with Gasteiger partial charge >= 0.3 is 6.30 Å². The molecule has 0 fully saturated rings. The van der Waals surface area contributed by atoms with Crippen molar-refractivity contribution in [1.29, 1.82) is 0 Å². The van der Waals surface area contributed by atoms with Crippen molar-refractivity contribution in [2.24, 2.45) is 4.99 Å². The van der Waals surface area contributed by atoms with Crippen molar-refractivity contribution in [2.75, 3.05) is 12.3 Å². The summed E-state index contributed by atoms with van der Waals surface area (Å²) in [5.74, 6) is 0.637. The van der Waals surface area contributed by atoms with Crippen molar-refractivity contribution in [3.8, 4) is 0 Å². The largest absolute Gasteiger partial charge is 0.483 e. The quantitative estimate of drug-likeness (QED) is 0.552. The minimum absolute atomic E-state index is 0.0208. The first-order valence-corrected chi connectivity index (χ1v) is 3.59. The van der Waals surface area contributed by atoms with Crippen LogP contribution in [0.15, 0.2) is 4.99 Å². The Kier molecular flexibility index (Phi) is 2.08. The van der Waals surface area contributed by atoms with E-state index < -0.39 is 6.30 Å². The van der Waals surface area contributed by atoms with E-state index in [0.29, 0.717) is 12.3 Å². The van der Waals surface area contributed by atoms with E-state index in [4.69, 9.17) is 0 Å². The molecule has 0 aliphatic carbocycles.